The highest BCUT2D eigenvalue weighted by molar-refractivity contribution is 8.00. The van der Waals surface area contributed by atoms with Crippen molar-refractivity contribution in [1.29, 1.82) is 0 Å². The molecule has 1 heterocycles. The van der Waals surface area contributed by atoms with Crippen LogP contribution in [0.2, 0.25) is 0 Å². The van der Waals surface area contributed by atoms with Crippen LogP contribution >= 0.6 is 0 Å². The van der Waals surface area contributed by atoms with Crippen LogP contribution in [0, 0.1) is 12.3 Å². The summed E-state index contributed by atoms with van der Waals surface area (Å²) in [6, 6.07) is 20.4. The van der Waals surface area contributed by atoms with Gasteiger partial charge in [0.15, 0.2) is 0 Å². The molecule has 1 atom stereocenters. The second-order valence-corrected chi connectivity index (χ2v) is 8.81. The third-order valence-electron chi connectivity index (χ3n) is 4.97. The number of carbonyl (C=O) groups is 1. The van der Waals surface area contributed by atoms with Crippen LogP contribution in [-0.4, -0.2) is 27.7 Å². The maximum Gasteiger partial charge on any atom is 0.421 e. The number of hydrogen-bond acceptors (Lipinski definition) is 5. The van der Waals surface area contributed by atoms with E-state index >= 15 is 0 Å². The minimum Gasteiger partial charge on any atom is -0.497 e. The summed E-state index contributed by atoms with van der Waals surface area (Å²) >= 11 is 0. The Hall–Kier alpha value is -4.02. The lowest BCUT2D eigenvalue weighted by Crippen LogP contribution is -2.43. The van der Waals surface area contributed by atoms with Crippen molar-refractivity contribution in [2.45, 2.75) is 10.9 Å². The van der Waals surface area contributed by atoms with E-state index in [1.54, 1.807) is 66.7 Å². The summed E-state index contributed by atoms with van der Waals surface area (Å²) in [5.41, 5.74) is 0.608. The molecule has 0 aliphatic carbocycles. The van der Waals surface area contributed by atoms with Gasteiger partial charge in [-0.05, 0) is 48.5 Å². The van der Waals surface area contributed by atoms with E-state index in [2.05, 4.69) is 5.92 Å². The smallest absolute Gasteiger partial charge is 0.421 e. The van der Waals surface area contributed by atoms with Crippen LogP contribution in [-0.2, 0) is 9.84 Å². The first-order chi connectivity index (χ1) is 15.5. The third-order valence-corrected chi connectivity index (χ3v) is 6.80. The van der Waals surface area contributed by atoms with Gasteiger partial charge in [0, 0.05) is 5.56 Å². The molecular weight excluding hydrogens is 426 g/mol. The molecule has 0 radical (unpaired) electrons. The molecule has 0 saturated heterocycles. The molecule has 7 heteroatoms. The maximum absolute atomic E-state index is 13.5. The van der Waals surface area contributed by atoms with Gasteiger partial charge in [0.25, 0.3) is 0 Å². The zero-order chi connectivity index (χ0) is 22.7. The molecule has 1 aliphatic heterocycles. The number of para-hydroxylation sites is 1. The zero-order valence-electron chi connectivity index (χ0n) is 17.1. The van der Waals surface area contributed by atoms with E-state index in [1.807, 2.05) is 0 Å². The molecule has 0 bridgehead atoms. The summed E-state index contributed by atoms with van der Waals surface area (Å²) in [5, 5.41) is 0. The summed E-state index contributed by atoms with van der Waals surface area (Å²) in [6.45, 7) is 0. The topological polar surface area (TPSA) is 72.9 Å². The van der Waals surface area contributed by atoms with Gasteiger partial charge in [0.05, 0.1) is 22.6 Å². The first-order valence-corrected chi connectivity index (χ1v) is 11.2. The lowest BCUT2D eigenvalue weighted by molar-refractivity contribution is 0.207. The third kappa shape index (κ3) is 3.84. The molecule has 0 saturated carbocycles. The monoisotopic (exact) mass is 445 g/mol. The Morgan fingerprint density at radius 1 is 0.969 bits per heavy atom. The van der Waals surface area contributed by atoms with Gasteiger partial charge in [-0.15, -0.1) is 6.42 Å². The normalized spacial score (nSPS) is 15.2. The van der Waals surface area contributed by atoms with Crippen LogP contribution in [0.15, 0.2) is 89.8 Å². The average molecular weight is 445 g/mol. The molecule has 4 rings (SSSR count). The second kappa shape index (κ2) is 8.61. The summed E-state index contributed by atoms with van der Waals surface area (Å²) in [5.74, 6) is 3.28. The fraction of sp³-hybridized carbons (Fsp3) is 0.0800. The summed E-state index contributed by atoms with van der Waals surface area (Å²) in [4.78, 5) is 14.5. The first kappa shape index (κ1) is 21.2. The number of sulfone groups is 1. The summed E-state index contributed by atoms with van der Waals surface area (Å²) in [6.07, 6.45) is 6.38. The maximum atomic E-state index is 13.5. The molecule has 1 aliphatic rings. The van der Waals surface area contributed by atoms with Gasteiger partial charge in [-0.3, -0.25) is 4.90 Å². The Labute approximate surface area is 186 Å². The number of fused-ring (bicyclic) bond motifs is 1. The molecule has 0 aromatic heterocycles. The number of carbonyl (C=O) groups excluding carboxylic acids is 1. The molecule has 32 heavy (non-hydrogen) atoms. The Bertz CT molecular complexity index is 1330. The number of nitrogens with zero attached hydrogens (tertiary/aromatic N) is 1. The van der Waals surface area contributed by atoms with E-state index in [1.165, 1.54) is 30.2 Å². The molecule has 1 unspecified atom stereocenters. The van der Waals surface area contributed by atoms with Gasteiger partial charge in [-0.25, -0.2) is 13.2 Å². The lowest BCUT2D eigenvalue weighted by Gasteiger charge is -2.32. The Morgan fingerprint density at radius 3 is 2.25 bits per heavy atom. The number of ether oxygens (including phenoxy) is 2. The van der Waals surface area contributed by atoms with E-state index < -0.39 is 22.0 Å². The average Bonchev–Trinajstić information content (AvgIpc) is 2.83. The van der Waals surface area contributed by atoms with Gasteiger partial charge in [-0.1, -0.05) is 42.3 Å². The molecular formula is C25H19NO5S. The highest BCUT2D eigenvalue weighted by Gasteiger charge is 2.36. The molecule has 0 spiro atoms. The predicted octanol–water partition coefficient (Wildman–Crippen LogP) is 4.53. The fourth-order valence-electron chi connectivity index (χ4n) is 3.44. The number of methoxy groups -OCH3 is 1. The van der Waals surface area contributed by atoms with Crippen LogP contribution in [0.25, 0.3) is 4.91 Å². The van der Waals surface area contributed by atoms with Gasteiger partial charge in [0.1, 0.15) is 17.5 Å². The van der Waals surface area contributed by atoms with Crippen LogP contribution in [0.3, 0.4) is 0 Å². The molecule has 160 valence electrons. The van der Waals surface area contributed by atoms with Crippen molar-refractivity contribution in [3.63, 3.8) is 0 Å². The molecule has 1 amide bonds. The number of terminal acetylenes is 1. The standard InChI is InChI=1S/C25H19NO5S/c1-3-18-16-24(32(28,29)21-12-8-5-9-13-21)22-17-20(30-2)14-15-23(22)26(18)25(27)31-19-10-6-4-7-11-19/h1,4-18H,2H3. The lowest BCUT2D eigenvalue weighted by atomic mass is 10.0. The van der Waals surface area contributed by atoms with Gasteiger partial charge < -0.3 is 9.47 Å². The second-order valence-electron chi connectivity index (χ2n) is 6.89. The van der Waals surface area contributed by atoms with Crippen LogP contribution in [0.5, 0.6) is 11.5 Å². The van der Waals surface area contributed by atoms with Crippen molar-refractivity contribution in [2.24, 2.45) is 0 Å². The van der Waals surface area contributed by atoms with Crippen molar-refractivity contribution < 1.29 is 22.7 Å². The molecule has 6 nitrogen and oxygen atoms in total. The van der Waals surface area contributed by atoms with Gasteiger partial charge in [0.2, 0.25) is 9.84 Å². The van der Waals surface area contributed by atoms with E-state index in [0.717, 1.165) is 0 Å². The Balaban J connectivity index is 1.85. The highest BCUT2D eigenvalue weighted by atomic mass is 32.2. The number of hydrogen-bond donors (Lipinski definition) is 0. The van der Waals surface area contributed by atoms with Crippen molar-refractivity contribution in [3.8, 4) is 23.8 Å². The van der Waals surface area contributed by atoms with E-state index in [4.69, 9.17) is 15.9 Å². The van der Waals surface area contributed by atoms with E-state index in [0.29, 0.717) is 22.7 Å². The molecule has 0 fully saturated rings. The SMILES string of the molecule is C#CC1C=C(S(=O)(=O)c2ccccc2)c2cc(OC)ccc2N1C(=O)Oc1ccccc1. The number of amides is 1. The van der Waals surface area contributed by atoms with E-state index in [-0.39, 0.29) is 9.80 Å². The molecule has 0 N–H and O–H groups in total. The number of benzene rings is 3. The minimum absolute atomic E-state index is 0.00399. The van der Waals surface area contributed by atoms with Crippen molar-refractivity contribution >= 4 is 26.5 Å². The number of rotatable bonds is 4. The summed E-state index contributed by atoms with van der Waals surface area (Å²) < 4.78 is 37.7. The Kier molecular flexibility index (Phi) is 5.71. The van der Waals surface area contributed by atoms with Crippen LogP contribution in [0.1, 0.15) is 5.56 Å². The summed E-state index contributed by atoms with van der Waals surface area (Å²) in [7, 11) is -2.44. The van der Waals surface area contributed by atoms with E-state index in [9.17, 15) is 13.2 Å². The number of anilines is 1. The fourth-order valence-corrected chi connectivity index (χ4v) is 4.97. The highest BCUT2D eigenvalue weighted by Crippen LogP contribution is 2.41. The molecule has 3 aromatic carbocycles. The van der Waals surface area contributed by atoms with Crippen molar-refractivity contribution in [1.82, 2.24) is 0 Å². The first-order valence-electron chi connectivity index (χ1n) is 9.68. The Morgan fingerprint density at radius 2 is 1.62 bits per heavy atom. The van der Waals surface area contributed by atoms with Crippen molar-refractivity contribution in [3.05, 3.63) is 90.5 Å². The zero-order valence-corrected chi connectivity index (χ0v) is 18.0. The quantitative estimate of drug-likeness (QED) is 0.552. The molecule has 3 aromatic rings. The largest absolute Gasteiger partial charge is 0.497 e. The van der Waals surface area contributed by atoms with Crippen LogP contribution in [0.4, 0.5) is 10.5 Å². The minimum atomic E-state index is -3.92. The van der Waals surface area contributed by atoms with Gasteiger partial charge in [-0.2, -0.15) is 0 Å². The van der Waals surface area contributed by atoms with Crippen LogP contribution < -0.4 is 14.4 Å². The predicted molar refractivity (Wildman–Crippen MR) is 122 cm³/mol. The van der Waals surface area contributed by atoms with Crippen molar-refractivity contribution in [2.75, 3.05) is 12.0 Å². The van der Waals surface area contributed by atoms with Gasteiger partial charge >= 0.3 is 6.09 Å².